The van der Waals surface area contributed by atoms with Gasteiger partial charge in [0.15, 0.2) is 0 Å². The first kappa shape index (κ1) is 17.5. The van der Waals surface area contributed by atoms with Crippen LogP contribution in [-0.4, -0.2) is 0 Å². The Morgan fingerprint density at radius 3 is 1.42 bits per heavy atom. The Morgan fingerprint density at radius 2 is 1.04 bits per heavy atom. The van der Waals surface area contributed by atoms with E-state index in [0.717, 1.165) is 16.7 Å². The second-order valence-electron chi connectivity index (χ2n) is 5.78. The number of hydrogen-bond acceptors (Lipinski definition) is 3. The molecule has 0 spiro atoms. The fraction of sp³-hybridized carbons (Fsp3) is 0.0435. The van der Waals surface area contributed by atoms with Crippen LogP contribution in [0.25, 0.3) is 5.57 Å². The number of nitrogens with zero attached hydrogens (tertiary/aromatic N) is 2. The fourth-order valence-electron chi connectivity index (χ4n) is 3.09. The zero-order valence-corrected chi connectivity index (χ0v) is 14.9. The topological polar surface area (TPSA) is 47.6 Å². The monoisotopic (exact) mass is 352 g/mol. The molecule has 124 valence electrons. The van der Waals surface area contributed by atoms with E-state index >= 15 is 0 Å². The van der Waals surface area contributed by atoms with Gasteiger partial charge in [-0.3, -0.25) is 0 Å². The van der Waals surface area contributed by atoms with Gasteiger partial charge >= 0.3 is 0 Å². The van der Waals surface area contributed by atoms with E-state index in [4.69, 9.17) is 12.6 Å². The van der Waals surface area contributed by atoms with E-state index in [2.05, 4.69) is 12.1 Å². The van der Waals surface area contributed by atoms with E-state index in [0.29, 0.717) is 5.57 Å². The lowest BCUT2D eigenvalue weighted by Crippen LogP contribution is -2.24. The number of hydrogen-bond donors (Lipinski definition) is 1. The van der Waals surface area contributed by atoms with Gasteiger partial charge in [-0.2, -0.15) is 23.2 Å². The Morgan fingerprint density at radius 1 is 0.654 bits per heavy atom. The van der Waals surface area contributed by atoms with Crippen molar-refractivity contribution in [1.29, 1.82) is 10.5 Å². The van der Waals surface area contributed by atoms with Gasteiger partial charge in [-0.15, -0.1) is 0 Å². The number of thiol groups is 1. The van der Waals surface area contributed by atoms with Crippen molar-refractivity contribution in [3.8, 4) is 12.1 Å². The summed E-state index contributed by atoms with van der Waals surface area (Å²) >= 11 is 5.09. The maximum atomic E-state index is 9.65. The summed E-state index contributed by atoms with van der Waals surface area (Å²) in [5.41, 5.74) is 3.24. The summed E-state index contributed by atoms with van der Waals surface area (Å²) in [5, 5.41) is 19.3. The van der Waals surface area contributed by atoms with Crippen molar-refractivity contribution in [2.45, 2.75) is 4.75 Å². The Balaban J connectivity index is 2.42. The molecule has 0 fully saturated rings. The molecular formula is C23H16N2S. The van der Waals surface area contributed by atoms with Crippen LogP contribution in [0.3, 0.4) is 0 Å². The Hall–Kier alpha value is -3.27. The molecule has 0 aliphatic carbocycles. The summed E-state index contributed by atoms with van der Waals surface area (Å²) in [6, 6.07) is 33.1. The normalized spacial score (nSPS) is 10.4. The van der Waals surface area contributed by atoms with E-state index in [-0.39, 0.29) is 5.57 Å². The third kappa shape index (κ3) is 3.14. The lowest BCUT2D eigenvalue weighted by molar-refractivity contribution is 0.967. The molecule has 0 aliphatic rings. The van der Waals surface area contributed by atoms with Crippen LogP contribution in [0.4, 0.5) is 0 Å². The third-order valence-electron chi connectivity index (χ3n) is 4.28. The first-order valence-electron chi connectivity index (χ1n) is 8.15. The van der Waals surface area contributed by atoms with Crippen LogP contribution in [-0.2, 0) is 4.75 Å². The van der Waals surface area contributed by atoms with Gasteiger partial charge in [0, 0.05) is 5.57 Å². The molecule has 0 saturated carbocycles. The minimum atomic E-state index is -0.940. The minimum absolute atomic E-state index is 0.0545. The molecule has 0 radical (unpaired) electrons. The molecule has 0 saturated heterocycles. The van der Waals surface area contributed by atoms with Gasteiger partial charge in [-0.1, -0.05) is 91.0 Å². The molecule has 26 heavy (non-hydrogen) atoms. The van der Waals surface area contributed by atoms with Gasteiger partial charge in [0.2, 0.25) is 0 Å². The number of allylic oxidation sites excluding steroid dienone is 1. The van der Waals surface area contributed by atoms with Gasteiger partial charge in [-0.05, 0) is 16.7 Å². The Labute approximate surface area is 159 Å². The number of rotatable bonds is 4. The van der Waals surface area contributed by atoms with Crippen LogP contribution in [0.2, 0.25) is 0 Å². The van der Waals surface area contributed by atoms with E-state index in [1.807, 2.05) is 91.0 Å². The van der Waals surface area contributed by atoms with E-state index in [9.17, 15) is 10.5 Å². The van der Waals surface area contributed by atoms with Gasteiger partial charge in [0.05, 0.1) is 4.75 Å². The first-order valence-corrected chi connectivity index (χ1v) is 8.60. The maximum absolute atomic E-state index is 9.65. The maximum Gasteiger partial charge on any atom is 0.135 e. The fourth-order valence-corrected chi connectivity index (χ4v) is 3.63. The van der Waals surface area contributed by atoms with Gasteiger partial charge in [-0.25, -0.2) is 0 Å². The van der Waals surface area contributed by atoms with Crippen LogP contribution in [0, 0.1) is 22.7 Å². The lowest BCUT2D eigenvalue weighted by atomic mass is 9.78. The summed E-state index contributed by atoms with van der Waals surface area (Å²) in [7, 11) is 0. The van der Waals surface area contributed by atoms with Gasteiger partial charge in [0.25, 0.3) is 0 Å². The molecule has 0 heterocycles. The SMILES string of the molecule is N#CC(C#N)=C(c1ccccc1)C(S)(c1ccccc1)c1ccccc1. The van der Waals surface area contributed by atoms with Crippen molar-refractivity contribution >= 4 is 18.2 Å². The van der Waals surface area contributed by atoms with Crippen molar-refractivity contribution in [2.75, 3.05) is 0 Å². The largest absolute Gasteiger partial charge is 0.192 e. The highest BCUT2D eigenvalue weighted by molar-refractivity contribution is 7.82. The molecule has 0 aromatic heterocycles. The summed E-state index contributed by atoms with van der Waals surface area (Å²) in [6.07, 6.45) is 0. The van der Waals surface area contributed by atoms with Crippen molar-refractivity contribution in [3.05, 3.63) is 113 Å². The summed E-state index contributed by atoms with van der Waals surface area (Å²) in [5.74, 6) is 0. The molecule has 0 amide bonds. The van der Waals surface area contributed by atoms with E-state index < -0.39 is 4.75 Å². The molecule has 0 unspecified atom stereocenters. The van der Waals surface area contributed by atoms with Crippen LogP contribution in [0.1, 0.15) is 16.7 Å². The smallest absolute Gasteiger partial charge is 0.135 e. The highest BCUT2D eigenvalue weighted by Gasteiger charge is 2.37. The van der Waals surface area contributed by atoms with Crippen molar-refractivity contribution in [3.63, 3.8) is 0 Å². The first-order chi connectivity index (χ1) is 12.7. The standard InChI is InChI=1S/C23H16N2S/c24-16-19(17-25)22(18-10-4-1-5-11-18)23(26,20-12-6-2-7-13-20)21-14-8-3-9-15-21/h1-15,26H. The summed E-state index contributed by atoms with van der Waals surface area (Å²) in [6.45, 7) is 0. The molecule has 0 N–H and O–H groups in total. The third-order valence-corrected chi connectivity index (χ3v) is 5.02. The minimum Gasteiger partial charge on any atom is -0.192 e. The summed E-state index contributed by atoms with van der Waals surface area (Å²) < 4.78 is -0.940. The predicted octanol–water partition coefficient (Wildman–Crippen LogP) is 5.36. The molecule has 0 atom stereocenters. The zero-order chi connectivity index (χ0) is 18.4. The van der Waals surface area contributed by atoms with E-state index in [1.54, 1.807) is 0 Å². The van der Waals surface area contributed by atoms with Gasteiger partial charge in [0.1, 0.15) is 17.7 Å². The van der Waals surface area contributed by atoms with Gasteiger partial charge < -0.3 is 0 Å². The number of nitriles is 2. The highest BCUT2D eigenvalue weighted by Crippen LogP contribution is 2.48. The van der Waals surface area contributed by atoms with Crippen LogP contribution in [0.5, 0.6) is 0 Å². The molecule has 3 aromatic rings. The average Bonchev–Trinajstić information content (AvgIpc) is 2.73. The second-order valence-corrected chi connectivity index (χ2v) is 6.45. The molecular weight excluding hydrogens is 336 g/mol. The highest BCUT2D eigenvalue weighted by atomic mass is 32.1. The predicted molar refractivity (Wildman–Crippen MR) is 107 cm³/mol. The molecule has 3 aromatic carbocycles. The van der Waals surface area contributed by atoms with Crippen LogP contribution < -0.4 is 0 Å². The van der Waals surface area contributed by atoms with Crippen molar-refractivity contribution < 1.29 is 0 Å². The van der Waals surface area contributed by atoms with Crippen molar-refractivity contribution in [1.82, 2.24) is 0 Å². The lowest BCUT2D eigenvalue weighted by Gasteiger charge is -2.33. The Bertz CT molecular complexity index is 939. The summed E-state index contributed by atoms with van der Waals surface area (Å²) in [4.78, 5) is 0. The van der Waals surface area contributed by atoms with Crippen LogP contribution in [0.15, 0.2) is 96.6 Å². The Kier molecular flexibility index (Phi) is 5.23. The quantitative estimate of drug-likeness (QED) is 0.507. The number of benzene rings is 3. The molecule has 3 rings (SSSR count). The second kappa shape index (κ2) is 7.74. The molecule has 0 bridgehead atoms. The average molecular weight is 352 g/mol. The van der Waals surface area contributed by atoms with Crippen LogP contribution >= 0.6 is 12.6 Å². The van der Waals surface area contributed by atoms with Crippen molar-refractivity contribution in [2.24, 2.45) is 0 Å². The molecule has 2 nitrogen and oxygen atoms in total. The molecule has 3 heteroatoms. The molecule has 0 aliphatic heterocycles. The zero-order valence-electron chi connectivity index (χ0n) is 14.0. The van der Waals surface area contributed by atoms with E-state index in [1.165, 1.54) is 0 Å².